The molecule has 1 aromatic carbocycles. The van der Waals surface area contributed by atoms with E-state index in [1.807, 2.05) is 0 Å². The molecule has 0 saturated heterocycles. The van der Waals surface area contributed by atoms with Crippen molar-refractivity contribution in [3.63, 3.8) is 0 Å². The average molecular weight is 376 g/mol. The van der Waals surface area contributed by atoms with Crippen molar-refractivity contribution in [2.75, 3.05) is 0 Å². The number of benzene rings is 1. The number of halogens is 2. The van der Waals surface area contributed by atoms with E-state index in [1.165, 1.54) is 15.0 Å². The van der Waals surface area contributed by atoms with Crippen molar-refractivity contribution in [3.8, 4) is 0 Å². The minimum absolute atomic E-state index is 0. The van der Waals surface area contributed by atoms with Gasteiger partial charge >= 0.3 is 129 Å². The molecular formula is C16H21Cl2OSiTi. The molecule has 0 heterocycles. The van der Waals surface area contributed by atoms with E-state index in [-0.39, 0.29) is 30.9 Å². The Labute approximate surface area is 153 Å². The Morgan fingerprint density at radius 1 is 1.14 bits per heavy atom. The molecule has 1 aliphatic carbocycles. The predicted molar refractivity (Wildman–Crippen MR) is 79.1 cm³/mol. The number of hydrogen-bond acceptors (Lipinski definition) is 1. The van der Waals surface area contributed by atoms with Crippen molar-refractivity contribution < 1.29 is 49.7 Å². The number of rotatable bonds is 5. The first-order valence-electron chi connectivity index (χ1n) is 6.78. The molecule has 0 bridgehead atoms. The van der Waals surface area contributed by atoms with Gasteiger partial charge in [0.05, 0.1) is 0 Å². The van der Waals surface area contributed by atoms with Gasteiger partial charge in [0.1, 0.15) is 0 Å². The van der Waals surface area contributed by atoms with Gasteiger partial charge < -0.3 is 24.8 Å². The average Bonchev–Trinajstić information content (AvgIpc) is 2.74. The minimum Gasteiger partial charge on any atom is -1.00 e. The predicted octanol–water partition coefficient (Wildman–Crippen LogP) is -1.78. The number of hydrogen-bond donors (Lipinski definition) is 0. The van der Waals surface area contributed by atoms with Crippen LogP contribution in [0.25, 0.3) is 0 Å². The second-order valence-electron chi connectivity index (χ2n) is 5.95. The number of allylic oxidation sites excluding steroid dienone is 2. The quantitative estimate of drug-likeness (QED) is 0.553. The van der Waals surface area contributed by atoms with Gasteiger partial charge in [0.2, 0.25) is 0 Å². The van der Waals surface area contributed by atoms with Crippen LogP contribution in [0.5, 0.6) is 0 Å². The fraction of sp³-hybridized carbons (Fsp3) is 0.375. The summed E-state index contributed by atoms with van der Waals surface area (Å²) in [5.41, 5.74) is 2.75. The third-order valence-electron chi connectivity index (χ3n) is 3.07. The van der Waals surface area contributed by atoms with Gasteiger partial charge in [0.15, 0.2) is 0 Å². The van der Waals surface area contributed by atoms with Crippen LogP contribution >= 0.6 is 0 Å². The zero-order valence-corrected chi connectivity index (χ0v) is 16.8. The molecule has 113 valence electrons. The van der Waals surface area contributed by atoms with Crippen LogP contribution < -0.4 is 24.8 Å². The molecule has 0 radical (unpaired) electrons. The molecule has 1 aliphatic rings. The second-order valence-corrected chi connectivity index (χ2v) is 11.4. The van der Waals surface area contributed by atoms with Gasteiger partial charge in [0, 0.05) is 0 Å². The molecule has 1 nitrogen and oxygen atoms in total. The van der Waals surface area contributed by atoms with Gasteiger partial charge in [-0.05, 0) is 0 Å². The molecule has 1 aromatic rings. The van der Waals surface area contributed by atoms with Crippen LogP contribution in [0.4, 0.5) is 0 Å². The van der Waals surface area contributed by atoms with E-state index in [2.05, 4.69) is 82.6 Å². The summed E-state index contributed by atoms with van der Waals surface area (Å²) in [6.07, 6.45) is 6.77. The molecule has 0 aromatic heterocycles. The fourth-order valence-corrected chi connectivity index (χ4v) is 3.92. The summed E-state index contributed by atoms with van der Waals surface area (Å²) in [7, 11) is -1.54. The molecule has 0 N–H and O–H groups in total. The molecule has 2 rings (SSSR count). The van der Waals surface area contributed by atoms with Crippen LogP contribution in [0.15, 0.2) is 51.9 Å². The van der Waals surface area contributed by atoms with Crippen LogP contribution in [0.3, 0.4) is 0 Å². The van der Waals surface area contributed by atoms with E-state index in [9.17, 15) is 0 Å². The first-order valence-corrected chi connectivity index (χ1v) is 11.0. The molecule has 1 unspecified atom stereocenters. The molecule has 5 heteroatoms. The van der Waals surface area contributed by atoms with Crippen molar-refractivity contribution in [2.45, 2.75) is 38.6 Å². The Hall–Kier alpha value is 0.171. The van der Waals surface area contributed by atoms with Crippen molar-refractivity contribution in [1.82, 2.24) is 0 Å². The summed E-state index contributed by atoms with van der Waals surface area (Å²) >= 11 is 2.22. The molecule has 21 heavy (non-hydrogen) atoms. The smallest absolute Gasteiger partial charge is 1.00 e. The van der Waals surface area contributed by atoms with E-state index in [0.717, 1.165) is 12.8 Å². The zero-order chi connectivity index (χ0) is 13.9. The molecule has 0 saturated carbocycles. The SMILES string of the molecule is C[Si](C)(C)OC(Cc1ccccc1)C1=[C]([Ti+2])CC=C1.[Cl-].[Cl-]. The van der Waals surface area contributed by atoms with Crippen molar-refractivity contribution >= 4 is 8.32 Å². The summed E-state index contributed by atoms with van der Waals surface area (Å²) in [5, 5.41) is 0. The van der Waals surface area contributed by atoms with Gasteiger partial charge in [-0.25, -0.2) is 0 Å². The normalized spacial score (nSPS) is 15.5. The first kappa shape index (κ1) is 21.2. The molecule has 1 atom stereocenters. The van der Waals surface area contributed by atoms with Crippen molar-refractivity contribution in [3.05, 3.63) is 57.5 Å². The Bertz CT molecular complexity index is 495. The molecule has 0 spiro atoms. The van der Waals surface area contributed by atoms with Crippen LogP contribution in [-0.4, -0.2) is 14.4 Å². The van der Waals surface area contributed by atoms with Gasteiger partial charge in [-0.15, -0.1) is 0 Å². The summed E-state index contributed by atoms with van der Waals surface area (Å²) < 4.78 is 7.88. The van der Waals surface area contributed by atoms with Crippen LogP contribution in [0, 0.1) is 0 Å². The summed E-state index contributed by atoms with van der Waals surface area (Å²) in [5.74, 6) is 0. The Morgan fingerprint density at radius 3 is 2.24 bits per heavy atom. The van der Waals surface area contributed by atoms with E-state index >= 15 is 0 Å². The maximum Gasteiger partial charge on any atom is -1.00 e. The third-order valence-corrected chi connectivity index (χ3v) is 4.84. The monoisotopic (exact) mass is 375 g/mol. The molecule has 0 amide bonds. The maximum atomic E-state index is 6.43. The minimum atomic E-state index is -1.54. The van der Waals surface area contributed by atoms with E-state index in [4.69, 9.17) is 4.43 Å². The Kier molecular flexibility index (Phi) is 9.42. The summed E-state index contributed by atoms with van der Waals surface area (Å²) in [4.78, 5) is 0. The fourth-order valence-electron chi connectivity index (χ4n) is 2.29. The first-order chi connectivity index (χ1) is 8.96. The standard InChI is InChI=1S/C16H21OSi.2ClH.Ti/c1-18(2,3)17-16(15-11-7-8-12-15)13-14-9-5-4-6-10-14;;;/h4-7,9-11,16H,8,13H2,1-3H3;2*1H;/q;;;+2/p-2. The van der Waals surface area contributed by atoms with Crippen LogP contribution in [0.1, 0.15) is 12.0 Å². The van der Waals surface area contributed by atoms with Gasteiger partial charge in [0.25, 0.3) is 0 Å². The van der Waals surface area contributed by atoms with E-state index in [0.29, 0.717) is 0 Å². The topological polar surface area (TPSA) is 9.23 Å². The van der Waals surface area contributed by atoms with Crippen molar-refractivity contribution in [1.29, 1.82) is 0 Å². The second kappa shape index (κ2) is 9.34. The van der Waals surface area contributed by atoms with Crippen molar-refractivity contribution in [2.24, 2.45) is 0 Å². The largest absolute Gasteiger partial charge is 1.00 e. The summed E-state index contributed by atoms with van der Waals surface area (Å²) in [6, 6.07) is 10.7. The Morgan fingerprint density at radius 2 is 1.76 bits per heavy atom. The Balaban J connectivity index is 0.00000200. The van der Waals surface area contributed by atoms with Gasteiger partial charge in [-0.2, -0.15) is 0 Å². The van der Waals surface area contributed by atoms with Crippen LogP contribution in [-0.2, 0) is 31.3 Å². The van der Waals surface area contributed by atoms with E-state index in [1.54, 1.807) is 0 Å². The van der Waals surface area contributed by atoms with E-state index < -0.39 is 8.32 Å². The zero-order valence-electron chi connectivity index (χ0n) is 12.7. The maximum absolute atomic E-state index is 6.43. The molecule has 0 fully saturated rings. The molecular weight excluding hydrogens is 355 g/mol. The van der Waals surface area contributed by atoms with Crippen LogP contribution in [0.2, 0.25) is 19.6 Å². The summed E-state index contributed by atoms with van der Waals surface area (Å²) in [6.45, 7) is 6.79. The van der Waals surface area contributed by atoms with Gasteiger partial charge in [-0.3, -0.25) is 0 Å². The third kappa shape index (κ3) is 6.85. The molecule has 0 aliphatic heterocycles. The van der Waals surface area contributed by atoms with Gasteiger partial charge in [-0.1, -0.05) is 0 Å².